The third kappa shape index (κ3) is 3.69. The SMILES string of the molecule is O=C([C@@H]1C[C@H](c2ccccc2)N2CCC[C@@H]12)N(CCO)Cc1ccccc1F. The zero-order chi connectivity index (χ0) is 19.5. The zero-order valence-corrected chi connectivity index (χ0v) is 16.0. The monoisotopic (exact) mass is 382 g/mol. The van der Waals surface area contributed by atoms with Gasteiger partial charge >= 0.3 is 0 Å². The molecule has 2 heterocycles. The third-order valence-electron chi connectivity index (χ3n) is 6.19. The van der Waals surface area contributed by atoms with E-state index in [0.29, 0.717) is 5.56 Å². The predicted molar refractivity (Wildman–Crippen MR) is 106 cm³/mol. The molecule has 0 unspecified atom stereocenters. The molecule has 0 aromatic heterocycles. The van der Waals surface area contributed by atoms with Crippen LogP contribution >= 0.6 is 0 Å². The van der Waals surface area contributed by atoms with E-state index in [-0.39, 0.29) is 49.4 Å². The topological polar surface area (TPSA) is 43.8 Å². The number of hydrogen-bond acceptors (Lipinski definition) is 3. The molecule has 0 spiro atoms. The van der Waals surface area contributed by atoms with Crippen molar-refractivity contribution >= 4 is 5.91 Å². The number of amides is 1. The Bertz CT molecular complexity index is 813. The molecule has 2 fully saturated rings. The predicted octanol–water partition coefficient (Wildman–Crippen LogP) is 3.37. The van der Waals surface area contributed by atoms with Gasteiger partial charge in [0.05, 0.1) is 12.5 Å². The molecule has 0 saturated carbocycles. The van der Waals surface area contributed by atoms with Crippen LogP contribution in [0, 0.1) is 11.7 Å². The zero-order valence-electron chi connectivity index (χ0n) is 16.0. The molecule has 2 aromatic rings. The first kappa shape index (κ1) is 19.1. The van der Waals surface area contributed by atoms with Crippen LogP contribution < -0.4 is 0 Å². The third-order valence-corrected chi connectivity index (χ3v) is 6.19. The number of aliphatic hydroxyl groups is 1. The molecule has 4 rings (SSSR count). The fourth-order valence-corrected chi connectivity index (χ4v) is 4.89. The molecular weight excluding hydrogens is 355 g/mol. The van der Waals surface area contributed by atoms with Crippen molar-refractivity contribution in [3.63, 3.8) is 0 Å². The van der Waals surface area contributed by atoms with E-state index in [1.54, 1.807) is 23.1 Å². The van der Waals surface area contributed by atoms with Crippen LogP contribution in [0.5, 0.6) is 0 Å². The minimum atomic E-state index is -0.311. The van der Waals surface area contributed by atoms with E-state index in [4.69, 9.17) is 0 Å². The van der Waals surface area contributed by atoms with Crippen molar-refractivity contribution in [2.45, 2.75) is 37.9 Å². The van der Waals surface area contributed by atoms with Gasteiger partial charge in [-0.25, -0.2) is 4.39 Å². The summed E-state index contributed by atoms with van der Waals surface area (Å²) in [5.41, 5.74) is 1.75. The van der Waals surface area contributed by atoms with E-state index < -0.39 is 0 Å². The maximum atomic E-state index is 14.1. The highest BCUT2D eigenvalue weighted by Crippen LogP contribution is 2.45. The molecule has 28 heavy (non-hydrogen) atoms. The molecule has 4 nitrogen and oxygen atoms in total. The van der Waals surface area contributed by atoms with Crippen molar-refractivity contribution in [3.8, 4) is 0 Å². The number of aliphatic hydroxyl groups excluding tert-OH is 1. The van der Waals surface area contributed by atoms with E-state index in [0.717, 1.165) is 25.8 Å². The summed E-state index contributed by atoms with van der Waals surface area (Å²) in [6.07, 6.45) is 2.91. The second-order valence-corrected chi connectivity index (χ2v) is 7.79. The van der Waals surface area contributed by atoms with Crippen molar-refractivity contribution in [2.75, 3.05) is 19.7 Å². The molecule has 2 aromatic carbocycles. The second-order valence-electron chi connectivity index (χ2n) is 7.79. The van der Waals surface area contributed by atoms with E-state index in [9.17, 15) is 14.3 Å². The molecule has 148 valence electrons. The van der Waals surface area contributed by atoms with Crippen molar-refractivity contribution in [1.29, 1.82) is 0 Å². The lowest BCUT2D eigenvalue weighted by atomic mass is 9.93. The fraction of sp³-hybridized carbons (Fsp3) is 0.435. The highest BCUT2D eigenvalue weighted by Gasteiger charge is 2.48. The Kier molecular flexibility index (Phi) is 5.74. The van der Waals surface area contributed by atoms with Crippen molar-refractivity contribution in [1.82, 2.24) is 9.80 Å². The number of benzene rings is 2. The van der Waals surface area contributed by atoms with Crippen LogP contribution in [0.1, 0.15) is 36.4 Å². The van der Waals surface area contributed by atoms with Gasteiger partial charge in [0, 0.05) is 30.7 Å². The van der Waals surface area contributed by atoms with E-state index >= 15 is 0 Å². The van der Waals surface area contributed by atoms with E-state index in [1.165, 1.54) is 11.6 Å². The largest absolute Gasteiger partial charge is 0.395 e. The number of fused-ring (bicyclic) bond motifs is 1. The first-order valence-electron chi connectivity index (χ1n) is 10.1. The molecular formula is C23H27FN2O2. The summed E-state index contributed by atoms with van der Waals surface area (Å²) in [6.45, 7) is 1.32. The first-order valence-corrected chi connectivity index (χ1v) is 10.1. The number of carbonyl (C=O) groups excluding carboxylic acids is 1. The quantitative estimate of drug-likeness (QED) is 0.833. The Hall–Kier alpha value is -2.24. The van der Waals surface area contributed by atoms with Crippen LogP contribution in [0.15, 0.2) is 54.6 Å². The fourth-order valence-electron chi connectivity index (χ4n) is 4.89. The summed E-state index contributed by atoms with van der Waals surface area (Å²) in [6, 6.07) is 17.4. The van der Waals surface area contributed by atoms with Gasteiger partial charge in [-0.3, -0.25) is 9.69 Å². The van der Waals surface area contributed by atoms with Gasteiger partial charge in [0.1, 0.15) is 5.82 Å². The van der Waals surface area contributed by atoms with Crippen molar-refractivity contribution in [3.05, 3.63) is 71.5 Å². The Morgan fingerprint density at radius 1 is 1.14 bits per heavy atom. The van der Waals surface area contributed by atoms with Crippen LogP contribution in [-0.4, -0.2) is 46.6 Å². The molecule has 1 N–H and O–H groups in total. The Morgan fingerprint density at radius 2 is 1.89 bits per heavy atom. The summed E-state index contributed by atoms with van der Waals surface area (Å²) >= 11 is 0. The molecule has 0 aliphatic carbocycles. The molecule has 0 bridgehead atoms. The molecule has 0 radical (unpaired) electrons. The van der Waals surface area contributed by atoms with Gasteiger partial charge in [0.25, 0.3) is 0 Å². The lowest BCUT2D eigenvalue weighted by Gasteiger charge is -2.28. The smallest absolute Gasteiger partial charge is 0.227 e. The maximum Gasteiger partial charge on any atom is 0.227 e. The minimum Gasteiger partial charge on any atom is -0.395 e. The van der Waals surface area contributed by atoms with Crippen LogP contribution in [0.25, 0.3) is 0 Å². The highest BCUT2D eigenvalue weighted by molar-refractivity contribution is 5.80. The van der Waals surface area contributed by atoms with Crippen LogP contribution in [0.3, 0.4) is 0 Å². The van der Waals surface area contributed by atoms with E-state index in [1.807, 2.05) is 18.2 Å². The summed E-state index contributed by atoms with van der Waals surface area (Å²) < 4.78 is 14.1. The van der Waals surface area contributed by atoms with Crippen LogP contribution in [0.4, 0.5) is 4.39 Å². The van der Waals surface area contributed by atoms with Crippen LogP contribution in [0.2, 0.25) is 0 Å². The summed E-state index contributed by atoms with van der Waals surface area (Å²) in [7, 11) is 0. The van der Waals surface area contributed by atoms with Gasteiger partial charge in [-0.1, -0.05) is 48.5 Å². The molecule has 5 heteroatoms. The van der Waals surface area contributed by atoms with Crippen molar-refractivity contribution in [2.24, 2.45) is 5.92 Å². The number of halogens is 1. The average molecular weight is 382 g/mol. The second kappa shape index (κ2) is 8.41. The van der Waals surface area contributed by atoms with Gasteiger partial charge in [0.2, 0.25) is 5.91 Å². The number of nitrogens with zero attached hydrogens (tertiary/aromatic N) is 2. The van der Waals surface area contributed by atoms with Gasteiger partial charge in [-0.05, 0) is 37.4 Å². The Labute approximate surface area is 165 Å². The molecule has 2 aliphatic rings. The maximum absolute atomic E-state index is 14.1. The molecule has 1 amide bonds. The van der Waals surface area contributed by atoms with Gasteiger partial charge < -0.3 is 10.0 Å². The number of carbonyl (C=O) groups is 1. The first-order chi connectivity index (χ1) is 13.7. The van der Waals surface area contributed by atoms with Gasteiger partial charge in [-0.15, -0.1) is 0 Å². The Balaban J connectivity index is 1.55. The van der Waals surface area contributed by atoms with Gasteiger partial charge in [0.15, 0.2) is 0 Å². The Morgan fingerprint density at radius 3 is 2.64 bits per heavy atom. The standard InChI is InChI=1S/C23H27FN2O2/c24-20-10-5-4-9-18(20)16-25(13-14-27)23(28)19-15-22(17-7-2-1-3-8-17)26-12-6-11-21(19)26/h1-5,7-10,19,21-22,27H,6,11-16H2/t19-,21+,22-/m1/s1. The number of rotatable bonds is 6. The van der Waals surface area contributed by atoms with E-state index in [2.05, 4.69) is 17.0 Å². The number of hydrogen-bond donors (Lipinski definition) is 1. The summed E-state index contributed by atoms with van der Waals surface area (Å²) in [5, 5.41) is 9.50. The highest BCUT2D eigenvalue weighted by atomic mass is 19.1. The van der Waals surface area contributed by atoms with Crippen molar-refractivity contribution < 1.29 is 14.3 Å². The minimum absolute atomic E-state index is 0.0348. The average Bonchev–Trinajstić information content (AvgIpc) is 3.32. The molecule has 2 aliphatic heterocycles. The van der Waals surface area contributed by atoms with Gasteiger partial charge in [-0.2, -0.15) is 0 Å². The van der Waals surface area contributed by atoms with Crippen LogP contribution in [-0.2, 0) is 11.3 Å². The summed E-state index contributed by atoms with van der Waals surface area (Å²) in [4.78, 5) is 17.5. The lowest BCUT2D eigenvalue weighted by Crippen LogP contribution is -2.41. The normalized spacial score (nSPS) is 24.3. The molecule has 2 saturated heterocycles. The summed E-state index contributed by atoms with van der Waals surface area (Å²) in [5.74, 6) is -0.381. The molecule has 3 atom stereocenters. The lowest BCUT2D eigenvalue weighted by molar-refractivity contribution is -0.137.